The first kappa shape index (κ1) is 15.1. The van der Waals surface area contributed by atoms with Crippen LogP contribution in [0.15, 0.2) is 18.2 Å². The first-order valence-corrected chi connectivity index (χ1v) is 7.59. The molecule has 1 amide bonds. The monoisotopic (exact) mass is 389 g/mol. The average Bonchev–Trinajstić information content (AvgIpc) is 2.47. The number of hydrogen-bond donors (Lipinski definition) is 1. The maximum absolute atomic E-state index is 11.9. The zero-order chi connectivity index (χ0) is 14.5. The maximum Gasteiger partial charge on any atom is 0.342 e. The number of nitrogens with zero attached hydrogens (tertiary/aromatic N) is 1. The molecule has 1 saturated heterocycles. The molecule has 0 bridgehead atoms. The number of carbonyl (C=O) groups is 2. The van der Waals surface area contributed by atoms with E-state index in [1.165, 1.54) is 12.1 Å². The Labute approximate surface area is 131 Å². The van der Waals surface area contributed by atoms with E-state index in [2.05, 4.69) is 0 Å². The number of likely N-dealkylation sites (tertiary alicyclic amines) is 1. The molecule has 108 valence electrons. The molecule has 2 rings (SSSR count). The van der Waals surface area contributed by atoms with Crippen molar-refractivity contribution in [2.75, 3.05) is 19.7 Å². The predicted octanol–water partition coefficient (Wildman–Crippen LogP) is 2.17. The molecule has 0 spiro atoms. The van der Waals surface area contributed by atoms with Crippen molar-refractivity contribution in [3.05, 3.63) is 27.3 Å². The second-order valence-electron chi connectivity index (χ2n) is 4.68. The lowest BCUT2D eigenvalue weighted by molar-refractivity contribution is -0.135. The third-order valence-electron chi connectivity index (χ3n) is 3.21. The van der Waals surface area contributed by atoms with Crippen LogP contribution in [-0.2, 0) is 9.53 Å². The number of esters is 1. The van der Waals surface area contributed by atoms with E-state index < -0.39 is 5.97 Å². The van der Waals surface area contributed by atoms with Gasteiger partial charge in [0.05, 0.1) is 0 Å². The van der Waals surface area contributed by atoms with Crippen molar-refractivity contribution >= 4 is 34.5 Å². The van der Waals surface area contributed by atoms with Crippen LogP contribution in [0.25, 0.3) is 0 Å². The zero-order valence-corrected chi connectivity index (χ0v) is 13.1. The Morgan fingerprint density at radius 3 is 2.65 bits per heavy atom. The van der Waals surface area contributed by atoms with Gasteiger partial charge in [-0.2, -0.15) is 0 Å². The molecule has 1 aromatic rings. The van der Waals surface area contributed by atoms with Gasteiger partial charge in [0, 0.05) is 16.7 Å². The number of phenols is 1. The predicted molar refractivity (Wildman–Crippen MR) is 81.5 cm³/mol. The average molecular weight is 389 g/mol. The third kappa shape index (κ3) is 3.84. The fourth-order valence-electron chi connectivity index (χ4n) is 2.11. The van der Waals surface area contributed by atoms with Crippen LogP contribution >= 0.6 is 22.6 Å². The highest BCUT2D eigenvalue weighted by Gasteiger charge is 2.19. The highest BCUT2D eigenvalue weighted by molar-refractivity contribution is 14.1. The van der Waals surface area contributed by atoms with Gasteiger partial charge in [-0.3, -0.25) is 4.79 Å². The van der Waals surface area contributed by atoms with E-state index in [1.54, 1.807) is 11.0 Å². The highest BCUT2D eigenvalue weighted by Crippen LogP contribution is 2.20. The van der Waals surface area contributed by atoms with Crippen LogP contribution in [-0.4, -0.2) is 41.6 Å². The Bertz CT molecular complexity index is 512. The molecule has 6 heteroatoms. The summed E-state index contributed by atoms with van der Waals surface area (Å²) in [4.78, 5) is 25.4. The van der Waals surface area contributed by atoms with Gasteiger partial charge in [-0.25, -0.2) is 4.79 Å². The van der Waals surface area contributed by atoms with Crippen LogP contribution < -0.4 is 0 Å². The molecule has 1 aliphatic heterocycles. The van der Waals surface area contributed by atoms with E-state index in [-0.39, 0.29) is 23.8 Å². The lowest BCUT2D eigenvalue weighted by Gasteiger charge is -2.26. The van der Waals surface area contributed by atoms with Crippen molar-refractivity contribution in [1.29, 1.82) is 0 Å². The standard InChI is InChI=1S/C14H16INO4/c15-10-4-5-12(17)11(8-10)14(19)20-9-13(18)16-6-2-1-3-7-16/h4-5,8,17H,1-3,6-7,9H2. The van der Waals surface area contributed by atoms with Crippen LogP contribution in [0.3, 0.4) is 0 Å². The summed E-state index contributed by atoms with van der Waals surface area (Å²) in [5.74, 6) is -0.990. The molecule has 0 aliphatic carbocycles. The number of phenolic OH excluding ortho intramolecular Hbond substituents is 1. The van der Waals surface area contributed by atoms with Crippen LogP contribution in [0, 0.1) is 3.57 Å². The van der Waals surface area contributed by atoms with E-state index in [4.69, 9.17) is 4.74 Å². The fourth-order valence-corrected chi connectivity index (χ4v) is 2.60. The SMILES string of the molecule is O=C(OCC(=O)N1CCCCC1)c1cc(I)ccc1O. The van der Waals surface area contributed by atoms with Crippen molar-refractivity contribution < 1.29 is 19.4 Å². The Kier molecular flexibility index (Phi) is 5.22. The van der Waals surface area contributed by atoms with Gasteiger partial charge in [0.15, 0.2) is 6.61 Å². The van der Waals surface area contributed by atoms with E-state index in [0.717, 1.165) is 35.9 Å². The zero-order valence-electron chi connectivity index (χ0n) is 11.0. The van der Waals surface area contributed by atoms with E-state index in [0.29, 0.717) is 0 Å². The third-order valence-corrected chi connectivity index (χ3v) is 3.89. The summed E-state index contributed by atoms with van der Waals surface area (Å²) in [6.07, 6.45) is 3.13. The van der Waals surface area contributed by atoms with Gasteiger partial charge >= 0.3 is 5.97 Å². The molecule has 1 heterocycles. The Morgan fingerprint density at radius 1 is 1.25 bits per heavy atom. The quantitative estimate of drug-likeness (QED) is 0.636. The minimum absolute atomic E-state index is 0.0864. The normalized spacial score (nSPS) is 14.9. The smallest absolute Gasteiger partial charge is 0.342 e. The summed E-state index contributed by atoms with van der Waals surface area (Å²) < 4.78 is 5.80. The second kappa shape index (κ2) is 6.92. The number of halogens is 1. The molecule has 1 aliphatic rings. The van der Waals surface area contributed by atoms with Crippen molar-refractivity contribution in [2.45, 2.75) is 19.3 Å². The van der Waals surface area contributed by atoms with Crippen molar-refractivity contribution in [3.63, 3.8) is 0 Å². The van der Waals surface area contributed by atoms with Crippen LogP contribution in [0.2, 0.25) is 0 Å². The summed E-state index contributed by atoms with van der Waals surface area (Å²) in [6.45, 7) is 1.18. The number of rotatable bonds is 3. The van der Waals surface area contributed by atoms with E-state index >= 15 is 0 Å². The molecule has 0 unspecified atom stereocenters. The topological polar surface area (TPSA) is 66.8 Å². The Hall–Kier alpha value is -1.31. The largest absolute Gasteiger partial charge is 0.507 e. The molecule has 1 fully saturated rings. The molecule has 0 saturated carbocycles. The number of hydrogen-bond acceptors (Lipinski definition) is 4. The Morgan fingerprint density at radius 2 is 1.95 bits per heavy atom. The number of carbonyl (C=O) groups excluding carboxylic acids is 2. The van der Waals surface area contributed by atoms with Gasteiger partial charge in [-0.1, -0.05) is 0 Å². The molecule has 1 aromatic carbocycles. The Balaban J connectivity index is 1.91. The second-order valence-corrected chi connectivity index (χ2v) is 5.92. The first-order chi connectivity index (χ1) is 9.58. The molecular weight excluding hydrogens is 373 g/mol. The first-order valence-electron chi connectivity index (χ1n) is 6.51. The summed E-state index contributed by atoms with van der Waals surface area (Å²) in [5.41, 5.74) is 0.0864. The van der Waals surface area contributed by atoms with Crippen LogP contribution in [0.5, 0.6) is 5.75 Å². The number of ether oxygens (including phenoxy) is 1. The van der Waals surface area contributed by atoms with Crippen molar-refractivity contribution in [3.8, 4) is 5.75 Å². The van der Waals surface area contributed by atoms with Crippen LogP contribution in [0.4, 0.5) is 0 Å². The number of aromatic hydroxyl groups is 1. The van der Waals surface area contributed by atoms with Crippen molar-refractivity contribution in [2.24, 2.45) is 0 Å². The van der Waals surface area contributed by atoms with Gasteiger partial charge in [0.2, 0.25) is 0 Å². The summed E-state index contributed by atoms with van der Waals surface area (Å²) in [6, 6.07) is 4.65. The molecule has 0 radical (unpaired) electrons. The molecule has 0 atom stereocenters. The van der Waals surface area contributed by atoms with Gasteiger partial charge in [0.1, 0.15) is 11.3 Å². The number of amides is 1. The maximum atomic E-state index is 11.9. The number of benzene rings is 1. The molecule has 1 N–H and O–H groups in total. The van der Waals surface area contributed by atoms with E-state index in [9.17, 15) is 14.7 Å². The number of piperidine rings is 1. The lowest BCUT2D eigenvalue weighted by atomic mass is 10.1. The summed E-state index contributed by atoms with van der Waals surface area (Å²) in [5, 5.41) is 9.62. The molecular formula is C14H16INO4. The highest BCUT2D eigenvalue weighted by atomic mass is 127. The minimum atomic E-state index is -0.675. The minimum Gasteiger partial charge on any atom is -0.507 e. The summed E-state index contributed by atoms with van der Waals surface area (Å²) in [7, 11) is 0. The van der Waals surface area contributed by atoms with Crippen LogP contribution in [0.1, 0.15) is 29.6 Å². The fraction of sp³-hybridized carbons (Fsp3) is 0.429. The van der Waals surface area contributed by atoms with Gasteiger partial charge in [-0.05, 0) is 60.1 Å². The van der Waals surface area contributed by atoms with Crippen molar-refractivity contribution in [1.82, 2.24) is 4.90 Å². The van der Waals surface area contributed by atoms with Gasteiger partial charge in [-0.15, -0.1) is 0 Å². The van der Waals surface area contributed by atoms with Gasteiger partial charge < -0.3 is 14.7 Å². The van der Waals surface area contributed by atoms with Gasteiger partial charge in [0.25, 0.3) is 5.91 Å². The molecule has 5 nitrogen and oxygen atoms in total. The van der Waals surface area contributed by atoms with E-state index in [1.807, 2.05) is 22.6 Å². The lowest BCUT2D eigenvalue weighted by Crippen LogP contribution is -2.38. The molecule has 0 aromatic heterocycles. The summed E-state index contributed by atoms with van der Waals surface area (Å²) >= 11 is 2.04. The molecule has 20 heavy (non-hydrogen) atoms.